The first-order chi connectivity index (χ1) is 7.22. The van der Waals surface area contributed by atoms with E-state index >= 15 is 0 Å². The first kappa shape index (κ1) is 12.3. The summed E-state index contributed by atoms with van der Waals surface area (Å²) in [7, 11) is 0. The molecule has 0 aromatic heterocycles. The van der Waals surface area contributed by atoms with Crippen LogP contribution in [0.3, 0.4) is 0 Å². The zero-order chi connectivity index (χ0) is 11.3. The smallest absolute Gasteiger partial charge is 0.00768 e. The summed E-state index contributed by atoms with van der Waals surface area (Å²) in [6.45, 7) is 6.60. The number of rotatable bonds is 5. The van der Waals surface area contributed by atoms with Gasteiger partial charge in [0.2, 0.25) is 0 Å². The van der Waals surface area contributed by atoms with Gasteiger partial charge in [-0.25, -0.2) is 0 Å². The van der Waals surface area contributed by atoms with E-state index in [4.69, 9.17) is 5.73 Å². The van der Waals surface area contributed by atoms with Crippen LogP contribution in [0.1, 0.15) is 43.9 Å². The SMILES string of the molecule is CCc1cccc(C[C@H](N)CC)c1CC. The minimum Gasteiger partial charge on any atom is -0.327 e. The van der Waals surface area contributed by atoms with E-state index in [0.717, 1.165) is 25.7 Å². The van der Waals surface area contributed by atoms with Gasteiger partial charge in [-0.3, -0.25) is 0 Å². The number of nitrogens with two attached hydrogens (primary N) is 1. The molecular weight excluding hydrogens is 182 g/mol. The van der Waals surface area contributed by atoms with E-state index in [0.29, 0.717) is 6.04 Å². The monoisotopic (exact) mass is 205 g/mol. The average molecular weight is 205 g/mol. The minimum atomic E-state index is 0.308. The molecule has 0 aliphatic rings. The fraction of sp³-hybridized carbons (Fsp3) is 0.571. The maximum absolute atomic E-state index is 6.02. The summed E-state index contributed by atoms with van der Waals surface area (Å²) in [6, 6.07) is 6.94. The Kier molecular flexibility index (Phi) is 4.83. The molecule has 0 saturated carbocycles. The Balaban J connectivity index is 2.95. The van der Waals surface area contributed by atoms with E-state index in [1.807, 2.05) is 0 Å². The van der Waals surface area contributed by atoms with Gasteiger partial charge in [0.25, 0.3) is 0 Å². The lowest BCUT2D eigenvalue weighted by Crippen LogP contribution is -2.22. The van der Waals surface area contributed by atoms with Gasteiger partial charge in [0.15, 0.2) is 0 Å². The molecule has 0 heterocycles. The molecule has 1 rings (SSSR count). The van der Waals surface area contributed by atoms with Gasteiger partial charge < -0.3 is 5.73 Å². The Hall–Kier alpha value is -0.820. The molecule has 0 saturated heterocycles. The van der Waals surface area contributed by atoms with Crippen LogP contribution in [0.15, 0.2) is 18.2 Å². The van der Waals surface area contributed by atoms with Crippen molar-refractivity contribution >= 4 is 0 Å². The van der Waals surface area contributed by atoms with Crippen LogP contribution in [0.2, 0.25) is 0 Å². The largest absolute Gasteiger partial charge is 0.327 e. The lowest BCUT2D eigenvalue weighted by molar-refractivity contribution is 0.642. The third kappa shape index (κ3) is 3.07. The fourth-order valence-corrected chi connectivity index (χ4v) is 2.09. The maximum atomic E-state index is 6.02. The lowest BCUT2D eigenvalue weighted by Gasteiger charge is -2.15. The van der Waals surface area contributed by atoms with Gasteiger partial charge >= 0.3 is 0 Å². The average Bonchev–Trinajstić information content (AvgIpc) is 2.28. The fourth-order valence-electron chi connectivity index (χ4n) is 2.09. The summed E-state index contributed by atoms with van der Waals surface area (Å²) in [6.07, 6.45) is 4.32. The van der Waals surface area contributed by atoms with Crippen LogP contribution in [-0.2, 0) is 19.3 Å². The number of hydrogen-bond donors (Lipinski definition) is 1. The molecule has 0 fully saturated rings. The van der Waals surface area contributed by atoms with Gasteiger partial charge in [0.05, 0.1) is 0 Å². The van der Waals surface area contributed by atoms with Crippen molar-refractivity contribution in [3.63, 3.8) is 0 Å². The Morgan fingerprint density at radius 1 is 1.07 bits per heavy atom. The minimum absolute atomic E-state index is 0.308. The van der Waals surface area contributed by atoms with Crippen LogP contribution < -0.4 is 5.73 Å². The van der Waals surface area contributed by atoms with Crippen molar-refractivity contribution in [2.24, 2.45) is 5.73 Å². The van der Waals surface area contributed by atoms with Crippen molar-refractivity contribution in [1.82, 2.24) is 0 Å². The van der Waals surface area contributed by atoms with E-state index in [1.54, 1.807) is 0 Å². The Morgan fingerprint density at radius 3 is 2.27 bits per heavy atom. The second-order valence-electron chi connectivity index (χ2n) is 4.13. The standard InChI is InChI=1S/C14H23N/c1-4-11-8-7-9-12(14(11)6-3)10-13(15)5-2/h7-9,13H,4-6,10,15H2,1-3H3/t13-/m1/s1. The van der Waals surface area contributed by atoms with E-state index in [-0.39, 0.29) is 0 Å². The molecule has 0 spiro atoms. The van der Waals surface area contributed by atoms with Crippen molar-refractivity contribution in [1.29, 1.82) is 0 Å². The molecule has 1 nitrogen and oxygen atoms in total. The highest BCUT2D eigenvalue weighted by Gasteiger charge is 2.08. The third-order valence-electron chi connectivity index (χ3n) is 3.11. The highest BCUT2D eigenvalue weighted by molar-refractivity contribution is 5.35. The molecular formula is C14H23N. The number of hydrogen-bond acceptors (Lipinski definition) is 1. The van der Waals surface area contributed by atoms with Crippen molar-refractivity contribution < 1.29 is 0 Å². The molecule has 1 aromatic carbocycles. The van der Waals surface area contributed by atoms with Gasteiger partial charge in [-0.2, -0.15) is 0 Å². The van der Waals surface area contributed by atoms with Crippen LogP contribution in [0.25, 0.3) is 0 Å². The second kappa shape index (κ2) is 5.92. The zero-order valence-corrected chi connectivity index (χ0v) is 10.2. The van der Waals surface area contributed by atoms with Crippen LogP contribution >= 0.6 is 0 Å². The summed E-state index contributed by atoms with van der Waals surface area (Å²) in [5, 5.41) is 0. The van der Waals surface area contributed by atoms with E-state index in [9.17, 15) is 0 Å². The molecule has 84 valence electrons. The molecule has 0 bridgehead atoms. The molecule has 1 aromatic rings. The summed E-state index contributed by atoms with van der Waals surface area (Å²) >= 11 is 0. The van der Waals surface area contributed by atoms with Crippen LogP contribution in [-0.4, -0.2) is 6.04 Å². The predicted octanol–water partition coefficient (Wildman–Crippen LogP) is 3.09. The maximum Gasteiger partial charge on any atom is 0.00768 e. The molecule has 2 N–H and O–H groups in total. The molecule has 0 unspecified atom stereocenters. The van der Waals surface area contributed by atoms with Crippen molar-refractivity contribution in [3.8, 4) is 0 Å². The van der Waals surface area contributed by atoms with Crippen molar-refractivity contribution in [2.75, 3.05) is 0 Å². The summed E-state index contributed by atoms with van der Waals surface area (Å²) in [5.41, 5.74) is 10.5. The van der Waals surface area contributed by atoms with Crippen molar-refractivity contribution in [3.05, 3.63) is 34.9 Å². The van der Waals surface area contributed by atoms with Gasteiger partial charge in [-0.15, -0.1) is 0 Å². The van der Waals surface area contributed by atoms with Crippen LogP contribution in [0, 0.1) is 0 Å². The van der Waals surface area contributed by atoms with Crippen LogP contribution in [0.5, 0.6) is 0 Å². The summed E-state index contributed by atoms with van der Waals surface area (Å²) in [5.74, 6) is 0. The molecule has 15 heavy (non-hydrogen) atoms. The highest BCUT2D eigenvalue weighted by atomic mass is 14.6. The van der Waals surface area contributed by atoms with E-state index in [2.05, 4.69) is 39.0 Å². The highest BCUT2D eigenvalue weighted by Crippen LogP contribution is 2.18. The van der Waals surface area contributed by atoms with E-state index < -0.39 is 0 Å². The van der Waals surface area contributed by atoms with E-state index in [1.165, 1.54) is 16.7 Å². The second-order valence-corrected chi connectivity index (χ2v) is 4.13. The number of benzene rings is 1. The molecule has 0 aliphatic heterocycles. The normalized spacial score (nSPS) is 12.8. The first-order valence-corrected chi connectivity index (χ1v) is 6.08. The van der Waals surface area contributed by atoms with Crippen molar-refractivity contribution in [2.45, 2.75) is 52.5 Å². The molecule has 0 radical (unpaired) electrons. The quantitative estimate of drug-likeness (QED) is 0.785. The Labute approximate surface area is 93.7 Å². The topological polar surface area (TPSA) is 26.0 Å². The van der Waals surface area contributed by atoms with Gasteiger partial charge in [0.1, 0.15) is 0 Å². The molecule has 1 heteroatoms. The molecule has 0 aliphatic carbocycles. The predicted molar refractivity (Wildman–Crippen MR) is 67.2 cm³/mol. The molecule has 1 atom stereocenters. The Bertz CT molecular complexity index is 304. The Morgan fingerprint density at radius 2 is 1.73 bits per heavy atom. The van der Waals surface area contributed by atoms with Gasteiger partial charge in [-0.05, 0) is 42.4 Å². The first-order valence-electron chi connectivity index (χ1n) is 6.08. The van der Waals surface area contributed by atoms with Gasteiger partial charge in [0, 0.05) is 6.04 Å². The third-order valence-corrected chi connectivity index (χ3v) is 3.11. The summed E-state index contributed by atoms with van der Waals surface area (Å²) < 4.78 is 0. The molecule has 0 amide bonds. The summed E-state index contributed by atoms with van der Waals surface area (Å²) in [4.78, 5) is 0. The zero-order valence-electron chi connectivity index (χ0n) is 10.2. The van der Waals surface area contributed by atoms with Crippen LogP contribution in [0.4, 0.5) is 0 Å². The number of aryl methyl sites for hydroxylation is 1. The van der Waals surface area contributed by atoms with Gasteiger partial charge in [-0.1, -0.05) is 39.0 Å². The lowest BCUT2D eigenvalue weighted by atomic mass is 9.93.